The van der Waals surface area contributed by atoms with E-state index in [1.165, 1.54) is 96.3 Å². The molecular weight excluding hydrogens is 240 g/mol. The van der Waals surface area contributed by atoms with Crippen molar-refractivity contribution >= 4 is 0 Å². The fraction of sp³-hybridized carbons (Fsp3) is 0.900. The summed E-state index contributed by atoms with van der Waals surface area (Å²) in [6.45, 7) is 6.75. The predicted molar refractivity (Wildman–Crippen MR) is 94.4 cm³/mol. The van der Waals surface area contributed by atoms with Gasteiger partial charge in [0.25, 0.3) is 0 Å². The van der Waals surface area contributed by atoms with Crippen LogP contribution >= 0.6 is 0 Å². The average Bonchev–Trinajstić information content (AvgIpc) is 2.48. The van der Waals surface area contributed by atoms with Gasteiger partial charge in [0.1, 0.15) is 0 Å². The van der Waals surface area contributed by atoms with Gasteiger partial charge in [-0.3, -0.25) is 0 Å². The molecule has 0 unspecified atom stereocenters. The minimum atomic E-state index is 1.24. The Bertz CT molecular complexity index is 202. The molecule has 0 radical (unpaired) electrons. The summed E-state index contributed by atoms with van der Waals surface area (Å²) in [4.78, 5) is 0. The number of hydrogen-bond donors (Lipinski definition) is 0. The Morgan fingerprint density at radius 2 is 1.00 bits per heavy atom. The molecule has 0 aromatic carbocycles. The minimum absolute atomic E-state index is 1.24. The van der Waals surface area contributed by atoms with Crippen LogP contribution in [0.3, 0.4) is 0 Å². The largest absolute Gasteiger partial charge is 0.0885 e. The molecule has 0 N–H and O–H groups in total. The van der Waals surface area contributed by atoms with E-state index >= 15 is 0 Å². The van der Waals surface area contributed by atoms with Gasteiger partial charge in [-0.2, -0.15) is 0 Å². The molecule has 0 aliphatic rings. The first-order chi connectivity index (χ1) is 9.85. The maximum absolute atomic E-state index is 2.31. The molecule has 0 amide bonds. The Kier molecular flexibility index (Phi) is 16.6. The second-order valence-electron chi connectivity index (χ2n) is 6.29. The summed E-state index contributed by atoms with van der Waals surface area (Å²) < 4.78 is 0. The van der Waals surface area contributed by atoms with Gasteiger partial charge in [-0.25, -0.2) is 0 Å². The molecule has 0 aromatic rings. The van der Waals surface area contributed by atoms with E-state index in [-0.39, 0.29) is 0 Å². The average molecular weight is 281 g/mol. The van der Waals surface area contributed by atoms with E-state index in [1.54, 1.807) is 5.57 Å². The van der Waals surface area contributed by atoms with Crippen molar-refractivity contribution in [2.45, 2.75) is 117 Å². The normalized spacial score (nSPS) is 12.1. The van der Waals surface area contributed by atoms with E-state index in [0.29, 0.717) is 0 Å². The Balaban J connectivity index is 3.06. The Hall–Kier alpha value is -0.260. The van der Waals surface area contributed by atoms with Crippen molar-refractivity contribution in [1.29, 1.82) is 0 Å². The molecule has 20 heavy (non-hydrogen) atoms. The van der Waals surface area contributed by atoms with Crippen LogP contribution < -0.4 is 0 Å². The van der Waals surface area contributed by atoms with Crippen LogP contribution in [0.15, 0.2) is 11.6 Å². The molecule has 0 bridgehead atoms. The zero-order valence-corrected chi connectivity index (χ0v) is 14.7. The van der Waals surface area contributed by atoms with Gasteiger partial charge in [0.15, 0.2) is 0 Å². The van der Waals surface area contributed by atoms with E-state index in [1.807, 2.05) is 0 Å². The van der Waals surface area contributed by atoms with Gasteiger partial charge < -0.3 is 0 Å². The van der Waals surface area contributed by atoms with Crippen LogP contribution in [0, 0.1) is 0 Å². The molecule has 0 saturated carbocycles. The van der Waals surface area contributed by atoms with Gasteiger partial charge in [0.05, 0.1) is 0 Å². The fourth-order valence-electron chi connectivity index (χ4n) is 2.90. The molecule has 0 aliphatic heterocycles. The minimum Gasteiger partial charge on any atom is -0.0885 e. The Morgan fingerprint density at radius 3 is 1.35 bits per heavy atom. The summed E-state index contributed by atoms with van der Waals surface area (Å²) in [6, 6.07) is 0. The van der Waals surface area contributed by atoms with Crippen LogP contribution in [0.1, 0.15) is 117 Å². The van der Waals surface area contributed by atoms with Crippen molar-refractivity contribution in [2.24, 2.45) is 0 Å². The number of hydrogen-bond acceptors (Lipinski definition) is 0. The third-order valence-corrected chi connectivity index (χ3v) is 4.46. The molecule has 0 rings (SSSR count). The second kappa shape index (κ2) is 16.8. The molecule has 0 nitrogen and oxygen atoms in total. The Labute approximate surface area is 129 Å². The van der Waals surface area contributed by atoms with Crippen LogP contribution in [0.4, 0.5) is 0 Å². The number of allylic oxidation sites excluding steroid dienone is 2. The van der Waals surface area contributed by atoms with E-state index < -0.39 is 0 Å². The molecule has 0 spiro atoms. The third-order valence-electron chi connectivity index (χ3n) is 4.46. The summed E-state index contributed by atoms with van der Waals surface area (Å²) in [7, 11) is 0. The first kappa shape index (κ1) is 19.7. The molecular formula is C20H40. The zero-order chi connectivity index (χ0) is 14.9. The maximum atomic E-state index is 2.31. The highest BCUT2D eigenvalue weighted by atomic mass is 14.0. The summed E-state index contributed by atoms with van der Waals surface area (Å²) in [6.07, 6.45) is 23.8. The highest BCUT2D eigenvalue weighted by Crippen LogP contribution is 2.15. The van der Waals surface area contributed by atoms with E-state index in [4.69, 9.17) is 0 Å². The van der Waals surface area contributed by atoms with Crippen molar-refractivity contribution in [3.8, 4) is 0 Å². The summed E-state index contributed by atoms with van der Waals surface area (Å²) >= 11 is 0. The lowest BCUT2D eigenvalue weighted by molar-refractivity contribution is 0.538. The van der Waals surface area contributed by atoms with Crippen LogP contribution in [0.5, 0.6) is 0 Å². The third kappa shape index (κ3) is 14.2. The lowest BCUT2D eigenvalue weighted by Crippen LogP contribution is -1.85. The van der Waals surface area contributed by atoms with Gasteiger partial charge in [-0.1, -0.05) is 103 Å². The van der Waals surface area contributed by atoms with Crippen LogP contribution in [-0.2, 0) is 0 Å². The molecule has 0 atom stereocenters. The van der Waals surface area contributed by atoms with Crippen molar-refractivity contribution in [3.05, 3.63) is 11.6 Å². The van der Waals surface area contributed by atoms with Crippen LogP contribution in [0.25, 0.3) is 0 Å². The van der Waals surface area contributed by atoms with Crippen LogP contribution in [0.2, 0.25) is 0 Å². The quantitative estimate of drug-likeness (QED) is 0.212. The lowest BCUT2D eigenvalue weighted by Gasteiger charge is -2.04. The van der Waals surface area contributed by atoms with Crippen molar-refractivity contribution in [1.82, 2.24) is 0 Å². The first-order valence-electron chi connectivity index (χ1n) is 9.49. The summed E-state index contributed by atoms with van der Waals surface area (Å²) in [5.74, 6) is 0. The molecule has 0 fully saturated rings. The summed E-state index contributed by atoms with van der Waals surface area (Å²) in [5.41, 5.74) is 1.65. The molecule has 0 aliphatic carbocycles. The monoisotopic (exact) mass is 280 g/mol. The van der Waals surface area contributed by atoms with Gasteiger partial charge in [0.2, 0.25) is 0 Å². The van der Waals surface area contributed by atoms with Crippen molar-refractivity contribution in [2.75, 3.05) is 0 Å². The van der Waals surface area contributed by atoms with Gasteiger partial charge in [-0.15, -0.1) is 0 Å². The molecule has 0 heteroatoms. The predicted octanol–water partition coefficient (Wildman–Crippen LogP) is 7.82. The standard InChI is InChI=1S/C20H40/c1-4-7-8-9-10-11-12-13-14-15-16-17-18-19-20(5-2)6-3/h5H,4,6-19H2,1-3H3/b20-5-. The SMILES string of the molecule is C/C=C(/CC)CCCCCCCCCCCCCCC. The topological polar surface area (TPSA) is 0 Å². The molecule has 120 valence electrons. The smallest absolute Gasteiger partial charge is 0.0321 e. The van der Waals surface area contributed by atoms with E-state index in [2.05, 4.69) is 26.8 Å². The molecule has 0 heterocycles. The fourth-order valence-corrected chi connectivity index (χ4v) is 2.90. The van der Waals surface area contributed by atoms with Crippen LogP contribution in [-0.4, -0.2) is 0 Å². The van der Waals surface area contributed by atoms with Gasteiger partial charge >= 0.3 is 0 Å². The van der Waals surface area contributed by atoms with E-state index in [0.717, 1.165) is 0 Å². The van der Waals surface area contributed by atoms with Gasteiger partial charge in [-0.05, 0) is 26.2 Å². The maximum Gasteiger partial charge on any atom is -0.0321 e. The van der Waals surface area contributed by atoms with Gasteiger partial charge in [0, 0.05) is 0 Å². The number of rotatable bonds is 15. The zero-order valence-electron chi connectivity index (χ0n) is 14.7. The first-order valence-corrected chi connectivity index (χ1v) is 9.49. The second-order valence-corrected chi connectivity index (χ2v) is 6.29. The Morgan fingerprint density at radius 1 is 0.600 bits per heavy atom. The molecule has 0 aromatic heterocycles. The highest BCUT2D eigenvalue weighted by Gasteiger charge is 1.95. The lowest BCUT2D eigenvalue weighted by atomic mass is 10.0. The highest BCUT2D eigenvalue weighted by molar-refractivity contribution is 4.98. The van der Waals surface area contributed by atoms with Crippen molar-refractivity contribution < 1.29 is 0 Å². The number of unbranched alkanes of at least 4 members (excludes halogenated alkanes) is 12. The summed E-state index contributed by atoms with van der Waals surface area (Å²) in [5, 5.41) is 0. The molecule has 0 saturated heterocycles. The van der Waals surface area contributed by atoms with Crippen molar-refractivity contribution in [3.63, 3.8) is 0 Å². The van der Waals surface area contributed by atoms with E-state index in [9.17, 15) is 0 Å².